The Morgan fingerprint density at radius 1 is 1.26 bits per heavy atom. The molecule has 2 heterocycles. The van der Waals surface area contributed by atoms with Gasteiger partial charge in [-0.25, -0.2) is 4.98 Å². The van der Waals surface area contributed by atoms with Crippen molar-refractivity contribution in [2.75, 3.05) is 19.5 Å². The van der Waals surface area contributed by atoms with Crippen molar-refractivity contribution in [3.8, 4) is 23.0 Å². The highest BCUT2D eigenvalue weighted by atomic mass is 35.5. The monoisotopic (exact) mass is 387 g/mol. The van der Waals surface area contributed by atoms with Gasteiger partial charge in [-0.3, -0.25) is 9.78 Å². The van der Waals surface area contributed by atoms with Crippen molar-refractivity contribution < 1.29 is 18.7 Å². The lowest BCUT2D eigenvalue weighted by Crippen LogP contribution is -2.16. The summed E-state index contributed by atoms with van der Waals surface area (Å²) in [5, 5.41) is 3.18. The number of nitrogens with zero attached hydrogens (tertiary/aromatic N) is 2. The lowest BCUT2D eigenvalue weighted by Gasteiger charge is -2.12. The number of oxazole rings is 1. The van der Waals surface area contributed by atoms with Crippen LogP contribution in [0.15, 0.2) is 41.1 Å². The molecule has 27 heavy (non-hydrogen) atoms. The molecule has 1 aromatic carbocycles. The fourth-order valence-electron chi connectivity index (χ4n) is 2.51. The molecule has 140 valence electrons. The van der Waals surface area contributed by atoms with Crippen molar-refractivity contribution in [3.63, 3.8) is 0 Å². The average Bonchev–Trinajstić information content (AvgIpc) is 3.03. The Kier molecular flexibility index (Phi) is 5.61. The third kappa shape index (κ3) is 4.20. The van der Waals surface area contributed by atoms with E-state index in [1.807, 2.05) is 6.07 Å². The van der Waals surface area contributed by atoms with E-state index in [1.54, 1.807) is 37.5 Å². The van der Waals surface area contributed by atoms with Gasteiger partial charge >= 0.3 is 0 Å². The number of carbonyl (C=O) groups excluding carboxylic acids is 1. The zero-order valence-electron chi connectivity index (χ0n) is 15.1. The standard InChI is InChI=1S/C19H18ClN3O4/c1-11-14(23-19(27-11)12-5-4-6-21-10-12)9-18(24)22-15-8-16(25-2)13(20)7-17(15)26-3/h4-8,10H,9H2,1-3H3,(H,22,24). The number of hydrogen-bond donors (Lipinski definition) is 1. The first-order valence-electron chi connectivity index (χ1n) is 8.10. The van der Waals surface area contributed by atoms with Crippen molar-refractivity contribution in [3.05, 3.63) is 53.1 Å². The highest BCUT2D eigenvalue weighted by Gasteiger charge is 2.17. The quantitative estimate of drug-likeness (QED) is 0.690. The number of benzene rings is 1. The Balaban J connectivity index is 1.78. The van der Waals surface area contributed by atoms with Crippen LogP contribution < -0.4 is 14.8 Å². The summed E-state index contributed by atoms with van der Waals surface area (Å²) in [6.07, 6.45) is 3.37. The van der Waals surface area contributed by atoms with Gasteiger partial charge in [0.25, 0.3) is 0 Å². The summed E-state index contributed by atoms with van der Waals surface area (Å²) in [6.45, 7) is 1.77. The zero-order chi connectivity index (χ0) is 19.4. The first-order valence-corrected chi connectivity index (χ1v) is 8.47. The smallest absolute Gasteiger partial charge is 0.230 e. The van der Waals surface area contributed by atoms with Crippen LogP contribution in [-0.4, -0.2) is 30.1 Å². The third-order valence-corrected chi connectivity index (χ3v) is 4.17. The van der Waals surface area contributed by atoms with Gasteiger partial charge in [0.15, 0.2) is 0 Å². The van der Waals surface area contributed by atoms with Gasteiger partial charge in [-0.1, -0.05) is 11.6 Å². The Labute approximate surface area is 161 Å². The van der Waals surface area contributed by atoms with Gasteiger partial charge in [-0.15, -0.1) is 0 Å². The van der Waals surface area contributed by atoms with Crippen molar-refractivity contribution in [2.24, 2.45) is 0 Å². The van der Waals surface area contributed by atoms with E-state index >= 15 is 0 Å². The molecule has 0 fully saturated rings. The molecule has 8 heteroatoms. The van der Waals surface area contributed by atoms with Crippen molar-refractivity contribution >= 4 is 23.2 Å². The number of aryl methyl sites for hydroxylation is 1. The molecule has 0 aliphatic heterocycles. The van der Waals surface area contributed by atoms with Crippen molar-refractivity contribution in [1.82, 2.24) is 9.97 Å². The number of pyridine rings is 1. The number of halogens is 1. The number of methoxy groups -OCH3 is 2. The second-order valence-electron chi connectivity index (χ2n) is 5.68. The maximum atomic E-state index is 12.5. The molecule has 0 spiro atoms. The van der Waals surface area contributed by atoms with Crippen LogP contribution in [0, 0.1) is 6.92 Å². The minimum Gasteiger partial charge on any atom is -0.495 e. The summed E-state index contributed by atoms with van der Waals surface area (Å²) in [6, 6.07) is 6.82. The number of nitrogens with one attached hydrogen (secondary N) is 1. The largest absolute Gasteiger partial charge is 0.495 e. The highest BCUT2D eigenvalue weighted by Crippen LogP contribution is 2.36. The van der Waals surface area contributed by atoms with Gasteiger partial charge in [0.05, 0.1) is 42.6 Å². The predicted molar refractivity (Wildman–Crippen MR) is 101 cm³/mol. The molecule has 0 aliphatic rings. The van der Waals surface area contributed by atoms with E-state index in [0.717, 1.165) is 5.56 Å². The molecule has 0 atom stereocenters. The molecule has 0 saturated carbocycles. The van der Waals surface area contributed by atoms with Crippen LogP contribution in [-0.2, 0) is 11.2 Å². The molecule has 0 saturated heterocycles. The molecular formula is C19H18ClN3O4. The molecule has 0 radical (unpaired) electrons. The first kappa shape index (κ1) is 18.7. The lowest BCUT2D eigenvalue weighted by molar-refractivity contribution is -0.115. The minimum atomic E-state index is -0.271. The van der Waals surface area contributed by atoms with Gasteiger partial charge in [-0.2, -0.15) is 0 Å². The SMILES string of the molecule is COc1cc(NC(=O)Cc2nc(-c3cccnc3)oc2C)c(OC)cc1Cl. The third-order valence-electron chi connectivity index (χ3n) is 3.88. The first-order chi connectivity index (χ1) is 13.0. The number of rotatable bonds is 6. The van der Waals surface area contributed by atoms with Crippen LogP contribution in [0.2, 0.25) is 5.02 Å². The molecule has 7 nitrogen and oxygen atoms in total. The van der Waals surface area contributed by atoms with Crippen LogP contribution in [0.1, 0.15) is 11.5 Å². The molecule has 0 aliphatic carbocycles. The van der Waals surface area contributed by atoms with E-state index < -0.39 is 0 Å². The van der Waals surface area contributed by atoms with Gasteiger partial charge in [0.2, 0.25) is 11.8 Å². The average molecular weight is 388 g/mol. The molecule has 1 N–H and O–H groups in total. The van der Waals surface area contributed by atoms with Crippen molar-refractivity contribution in [2.45, 2.75) is 13.3 Å². The molecule has 0 unspecified atom stereocenters. The van der Waals surface area contributed by atoms with E-state index in [9.17, 15) is 4.79 Å². The maximum Gasteiger partial charge on any atom is 0.230 e. The molecule has 2 aromatic heterocycles. The fourth-order valence-corrected chi connectivity index (χ4v) is 2.74. The van der Waals surface area contributed by atoms with Gasteiger partial charge in [0.1, 0.15) is 17.3 Å². The highest BCUT2D eigenvalue weighted by molar-refractivity contribution is 6.32. The lowest BCUT2D eigenvalue weighted by atomic mass is 10.2. The van der Waals surface area contributed by atoms with E-state index in [0.29, 0.717) is 39.6 Å². The number of aromatic nitrogens is 2. The van der Waals surface area contributed by atoms with E-state index in [-0.39, 0.29) is 12.3 Å². The topological polar surface area (TPSA) is 86.5 Å². The number of amides is 1. The van der Waals surface area contributed by atoms with E-state index in [2.05, 4.69) is 15.3 Å². The van der Waals surface area contributed by atoms with Crippen molar-refractivity contribution in [1.29, 1.82) is 0 Å². The fraction of sp³-hybridized carbons (Fsp3) is 0.211. The molecule has 3 aromatic rings. The van der Waals surface area contributed by atoms with Gasteiger partial charge in [0, 0.05) is 24.5 Å². The number of anilines is 1. The number of hydrogen-bond acceptors (Lipinski definition) is 6. The number of carbonyl (C=O) groups is 1. The van der Waals surface area contributed by atoms with Crippen LogP contribution in [0.3, 0.4) is 0 Å². The van der Waals surface area contributed by atoms with Gasteiger partial charge < -0.3 is 19.2 Å². The van der Waals surface area contributed by atoms with Crippen LogP contribution in [0.5, 0.6) is 11.5 Å². The summed E-state index contributed by atoms with van der Waals surface area (Å²) in [7, 11) is 2.99. The predicted octanol–water partition coefficient (Wildman–Crippen LogP) is 3.90. The summed E-state index contributed by atoms with van der Waals surface area (Å²) in [4.78, 5) is 20.9. The van der Waals surface area contributed by atoms with Gasteiger partial charge in [-0.05, 0) is 19.1 Å². The normalized spacial score (nSPS) is 10.5. The number of ether oxygens (including phenoxy) is 2. The zero-order valence-corrected chi connectivity index (χ0v) is 15.8. The van der Waals surface area contributed by atoms with E-state index in [4.69, 9.17) is 25.5 Å². The Morgan fingerprint density at radius 3 is 2.70 bits per heavy atom. The van der Waals surface area contributed by atoms with Crippen LogP contribution in [0.25, 0.3) is 11.5 Å². The molecule has 0 bridgehead atoms. The summed E-state index contributed by atoms with van der Waals surface area (Å²) in [5.74, 6) is 1.59. The Bertz CT molecular complexity index is 957. The second kappa shape index (κ2) is 8.09. The Morgan fingerprint density at radius 2 is 2.04 bits per heavy atom. The Hall–Kier alpha value is -3.06. The summed E-state index contributed by atoms with van der Waals surface area (Å²) >= 11 is 6.08. The summed E-state index contributed by atoms with van der Waals surface area (Å²) < 4.78 is 16.1. The maximum absolute atomic E-state index is 12.5. The minimum absolute atomic E-state index is 0.0453. The molecular weight excluding hydrogens is 370 g/mol. The second-order valence-corrected chi connectivity index (χ2v) is 6.08. The van der Waals surface area contributed by atoms with Crippen LogP contribution >= 0.6 is 11.6 Å². The van der Waals surface area contributed by atoms with E-state index in [1.165, 1.54) is 14.2 Å². The summed E-state index contributed by atoms with van der Waals surface area (Å²) in [5.41, 5.74) is 1.75. The molecule has 1 amide bonds. The van der Waals surface area contributed by atoms with Crippen LogP contribution in [0.4, 0.5) is 5.69 Å². The molecule has 3 rings (SSSR count).